The van der Waals surface area contributed by atoms with E-state index >= 15 is 0 Å². The van der Waals surface area contributed by atoms with E-state index < -0.39 is 5.60 Å². The van der Waals surface area contributed by atoms with E-state index in [0.29, 0.717) is 6.04 Å². The highest BCUT2D eigenvalue weighted by Gasteiger charge is 2.12. The number of thioether (sulfide) groups is 1. The maximum atomic E-state index is 9.69. The fourth-order valence-corrected chi connectivity index (χ4v) is 2.44. The Balaban J connectivity index is 2.52. The van der Waals surface area contributed by atoms with E-state index in [4.69, 9.17) is 0 Å². The third-order valence-corrected chi connectivity index (χ3v) is 4.13. The van der Waals surface area contributed by atoms with Gasteiger partial charge in [0.15, 0.2) is 0 Å². The predicted molar refractivity (Wildman–Crippen MR) is 80.2 cm³/mol. The van der Waals surface area contributed by atoms with Gasteiger partial charge in [0.25, 0.3) is 0 Å². The molecule has 2 nitrogen and oxygen atoms in total. The Kier molecular flexibility index (Phi) is 6.19. The molecule has 0 bridgehead atoms. The largest absolute Gasteiger partial charge is 0.390 e. The smallest absolute Gasteiger partial charge is 0.0685 e. The molecule has 2 N–H and O–H groups in total. The van der Waals surface area contributed by atoms with Gasteiger partial charge in [-0.1, -0.05) is 19.1 Å². The first-order valence-corrected chi connectivity index (χ1v) is 7.59. The second-order valence-corrected chi connectivity index (χ2v) is 6.39. The highest BCUT2D eigenvalue weighted by atomic mass is 32.2. The third kappa shape index (κ3) is 5.89. The van der Waals surface area contributed by atoms with E-state index in [-0.39, 0.29) is 0 Å². The first kappa shape index (κ1) is 15.5. The second kappa shape index (κ2) is 7.17. The summed E-state index contributed by atoms with van der Waals surface area (Å²) >= 11 is 1.70. The van der Waals surface area contributed by atoms with Crippen LogP contribution in [0.5, 0.6) is 0 Å². The van der Waals surface area contributed by atoms with Crippen molar-refractivity contribution in [3.8, 4) is 0 Å². The van der Waals surface area contributed by atoms with Crippen LogP contribution in [0.3, 0.4) is 0 Å². The van der Waals surface area contributed by atoms with Crippen LogP contribution in [0.4, 0.5) is 0 Å². The standard InChI is InChI=1S/C15H25NOS/c1-5-10-16-12(2)13-6-8-14(9-7-13)18-11-15(3,4)17/h6-9,12,16-17H,5,10-11H2,1-4H3. The summed E-state index contributed by atoms with van der Waals surface area (Å²) in [6.07, 6.45) is 1.16. The molecular formula is C15H25NOS. The Hall–Kier alpha value is -0.510. The van der Waals surface area contributed by atoms with E-state index in [1.54, 1.807) is 11.8 Å². The van der Waals surface area contributed by atoms with E-state index in [9.17, 15) is 5.11 Å². The molecule has 18 heavy (non-hydrogen) atoms. The molecule has 0 spiro atoms. The zero-order valence-corrected chi connectivity index (χ0v) is 12.7. The van der Waals surface area contributed by atoms with Crippen molar-refractivity contribution in [1.82, 2.24) is 5.32 Å². The molecule has 0 saturated heterocycles. The van der Waals surface area contributed by atoms with Gasteiger partial charge in [-0.05, 0) is 51.4 Å². The van der Waals surface area contributed by atoms with E-state index in [0.717, 1.165) is 18.7 Å². The Morgan fingerprint density at radius 2 is 1.89 bits per heavy atom. The van der Waals surface area contributed by atoms with E-state index in [1.807, 2.05) is 13.8 Å². The average Bonchev–Trinajstić information content (AvgIpc) is 2.33. The van der Waals surface area contributed by atoms with Crippen molar-refractivity contribution in [1.29, 1.82) is 0 Å². The predicted octanol–water partition coefficient (Wildman–Crippen LogP) is 3.61. The van der Waals surface area contributed by atoms with Crippen LogP contribution in [-0.4, -0.2) is 23.0 Å². The number of hydrogen-bond acceptors (Lipinski definition) is 3. The molecule has 0 fully saturated rings. The van der Waals surface area contributed by atoms with Gasteiger partial charge in [0.2, 0.25) is 0 Å². The van der Waals surface area contributed by atoms with Gasteiger partial charge in [0, 0.05) is 16.7 Å². The van der Waals surface area contributed by atoms with Gasteiger partial charge >= 0.3 is 0 Å². The first-order valence-electron chi connectivity index (χ1n) is 6.61. The summed E-state index contributed by atoms with van der Waals surface area (Å²) in [4.78, 5) is 1.21. The highest BCUT2D eigenvalue weighted by Crippen LogP contribution is 2.24. The monoisotopic (exact) mass is 267 g/mol. The van der Waals surface area contributed by atoms with Crippen molar-refractivity contribution in [3.63, 3.8) is 0 Å². The van der Waals surface area contributed by atoms with Gasteiger partial charge in [-0.3, -0.25) is 0 Å². The number of nitrogens with one attached hydrogen (secondary N) is 1. The van der Waals surface area contributed by atoms with Crippen LogP contribution in [0.1, 0.15) is 45.7 Å². The van der Waals surface area contributed by atoms with Crippen LogP contribution in [0, 0.1) is 0 Å². The molecule has 0 aromatic heterocycles. The fourth-order valence-electron chi connectivity index (χ4n) is 1.59. The van der Waals surface area contributed by atoms with E-state index in [1.165, 1.54) is 10.5 Å². The molecule has 0 aliphatic rings. The van der Waals surface area contributed by atoms with Gasteiger partial charge in [-0.25, -0.2) is 0 Å². The Morgan fingerprint density at radius 3 is 2.39 bits per heavy atom. The zero-order chi connectivity index (χ0) is 13.6. The Morgan fingerprint density at radius 1 is 1.28 bits per heavy atom. The lowest BCUT2D eigenvalue weighted by Crippen LogP contribution is -2.21. The summed E-state index contributed by atoms with van der Waals surface area (Å²) in [5.74, 6) is 0.718. The molecule has 0 amide bonds. The molecule has 1 aromatic rings. The minimum atomic E-state index is -0.612. The maximum Gasteiger partial charge on any atom is 0.0685 e. The lowest BCUT2D eigenvalue weighted by Gasteiger charge is -2.17. The number of hydrogen-bond donors (Lipinski definition) is 2. The Bertz CT molecular complexity index is 343. The molecule has 0 aliphatic heterocycles. The molecule has 0 aliphatic carbocycles. The maximum absolute atomic E-state index is 9.69. The summed E-state index contributed by atoms with van der Waals surface area (Å²) in [7, 11) is 0. The highest BCUT2D eigenvalue weighted by molar-refractivity contribution is 7.99. The van der Waals surface area contributed by atoms with Crippen LogP contribution in [0.2, 0.25) is 0 Å². The topological polar surface area (TPSA) is 32.3 Å². The SMILES string of the molecule is CCCNC(C)c1ccc(SCC(C)(C)O)cc1. The zero-order valence-electron chi connectivity index (χ0n) is 11.9. The van der Waals surface area contributed by atoms with Gasteiger partial charge in [-0.2, -0.15) is 0 Å². The summed E-state index contributed by atoms with van der Waals surface area (Å²) in [6, 6.07) is 9.00. The van der Waals surface area contributed by atoms with E-state index in [2.05, 4.69) is 43.4 Å². The number of aliphatic hydroxyl groups is 1. The van der Waals surface area contributed by atoms with Crippen molar-refractivity contribution in [2.24, 2.45) is 0 Å². The lowest BCUT2D eigenvalue weighted by molar-refractivity contribution is 0.107. The van der Waals surface area contributed by atoms with Crippen LogP contribution in [-0.2, 0) is 0 Å². The quantitative estimate of drug-likeness (QED) is 0.740. The fraction of sp³-hybridized carbons (Fsp3) is 0.600. The molecular weight excluding hydrogens is 242 g/mol. The van der Waals surface area contributed by atoms with Gasteiger partial charge in [0.05, 0.1) is 5.60 Å². The summed E-state index contributed by atoms with van der Waals surface area (Å²) in [6.45, 7) is 9.09. The molecule has 3 heteroatoms. The number of rotatable bonds is 7. The summed E-state index contributed by atoms with van der Waals surface area (Å²) in [5, 5.41) is 13.2. The first-order chi connectivity index (χ1) is 8.42. The van der Waals surface area contributed by atoms with Crippen molar-refractivity contribution in [3.05, 3.63) is 29.8 Å². The molecule has 102 valence electrons. The molecule has 1 unspecified atom stereocenters. The molecule has 0 radical (unpaired) electrons. The van der Waals surface area contributed by atoms with Crippen molar-refractivity contribution in [2.45, 2.75) is 50.7 Å². The minimum Gasteiger partial charge on any atom is -0.390 e. The van der Waals surface area contributed by atoms with Crippen LogP contribution in [0.15, 0.2) is 29.2 Å². The number of benzene rings is 1. The molecule has 0 heterocycles. The van der Waals surface area contributed by atoms with Crippen molar-refractivity contribution < 1.29 is 5.11 Å². The normalized spacial score (nSPS) is 13.6. The summed E-state index contributed by atoms with van der Waals surface area (Å²) < 4.78 is 0. The van der Waals surface area contributed by atoms with Crippen LogP contribution < -0.4 is 5.32 Å². The van der Waals surface area contributed by atoms with Gasteiger partial charge in [0.1, 0.15) is 0 Å². The van der Waals surface area contributed by atoms with Crippen LogP contribution >= 0.6 is 11.8 Å². The third-order valence-electron chi connectivity index (χ3n) is 2.67. The lowest BCUT2D eigenvalue weighted by atomic mass is 10.1. The Labute approximate surface area is 115 Å². The average molecular weight is 267 g/mol. The van der Waals surface area contributed by atoms with Crippen LogP contribution in [0.25, 0.3) is 0 Å². The van der Waals surface area contributed by atoms with Crippen molar-refractivity contribution >= 4 is 11.8 Å². The van der Waals surface area contributed by atoms with Crippen molar-refractivity contribution in [2.75, 3.05) is 12.3 Å². The molecule has 1 rings (SSSR count). The molecule has 0 saturated carbocycles. The van der Waals surface area contributed by atoms with Gasteiger partial charge < -0.3 is 10.4 Å². The summed E-state index contributed by atoms with van der Waals surface area (Å²) in [5.41, 5.74) is 0.704. The molecule has 1 aromatic carbocycles. The van der Waals surface area contributed by atoms with Gasteiger partial charge in [-0.15, -0.1) is 11.8 Å². The molecule has 1 atom stereocenters. The minimum absolute atomic E-state index is 0.401. The second-order valence-electron chi connectivity index (χ2n) is 5.35.